The molecule has 1 aliphatic carbocycles. The van der Waals surface area contributed by atoms with E-state index in [2.05, 4.69) is 10.6 Å². The molecule has 29 heavy (non-hydrogen) atoms. The lowest BCUT2D eigenvalue weighted by Crippen LogP contribution is -2.46. The molecule has 156 valence electrons. The van der Waals surface area contributed by atoms with Gasteiger partial charge in [0.25, 0.3) is 5.91 Å². The SMILES string of the molecule is CCCC(C(=O)NC=O)N1Cc2cc(NC(=O)CC3CCCCC3)ccc2C1=O. The molecule has 2 aliphatic rings. The number of anilines is 1. The summed E-state index contributed by atoms with van der Waals surface area (Å²) in [6.07, 6.45) is 7.95. The maximum absolute atomic E-state index is 12.8. The quantitative estimate of drug-likeness (QED) is 0.657. The number of carbonyl (C=O) groups is 4. The Morgan fingerprint density at radius 2 is 2.00 bits per heavy atom. The van der Waals surface area contributed by atoms with Gasteiger partial charge in [-0.2, -0.15) is 0 Å². The van der Waals surface area contributed by atoms with Gasteiger partial charge >= 0.3 is 0 Å². The van der Waals surface area contributed by atoms with Crippen molar-refractivity contribution in [1.29, 1.82) is 0 Å². The Bertz CT molecular complexity index is 786. The molecular weight excluding hydrogens is 370 g/mol. The summed E-state index contributed by atoms with van der Waals surface area (Å²) in [4.78, 5) is 49.6. The highest BCUT2D eigenvalue weighted by atomic mass is 16.2. The van der Waals surface area contributed by atoms with Crippen LogP contribution in [0.15, 0.2) is 18.2 Å². The first-order chi connectivity index (χ1) is 14.0. The molecule has 1 heterocycles. The predicted molar refractivity (Wildman–Crippen MR) is 109 cm³/mol. The van der Waals surface area contributed by atoms with Crippen molar-refractivity contribution in [3.8, 4) is 0 Å². The molecule has 4 amide bonds. The molecule has 1 aromatic rings. The normalized spacial score (nSPS) is 17.6. The lowest BCUT2D eigenvalue weighted by Gasteiger charge is -2.25. The van der Waals surface area contributed by atoms with Gasteiger partial charge in [-0.15, -0.1) is 0 Å². The minimum atomic E-state index is -0.686. The van der Waals surface area contributed by atoms with E-state index in [0.29, 0.717) is 42.8 Å². The number of amides is 4. The van der Waals surface area contributed by atoms with Gasteiger partial charge in [0.2, 0.25) is 18.2 Å². The maximum atomic E-state index is 12.8. The zero-order chi connectivity index (χ0) is 20.8. The van der Waals surface area contributed by atoms with E-state index >= 15 is 0 Å². The van der Waals surface area contributed by atoms with Crippen molar-refractivity contribution < 1.29 is 19.2 Å². The van der Waals surface area contributed by atoms with Gasteiger partial charge in [-0.05, 0) is 48.9 Å². The van der Waals surface area contributed by atoms with Gasteiger partial charge in [0.05, 0.1) is 0 Å². The van der Waals surface area contributed by atoms with Crippen LogP contribution in [0.1, 0.15) is 74.2 Å². The Hall–Kier alpha value is -2.70. The predicted octanol–water partition coefficient (Wildman–Crippen LogP) is 2.99. The Morgan fingerprint density at radius 3 is 2.69 bits per heavy atom. The van der Waals surface area contributed by atoms with Gasteiger partial charge in [0.1, 0.15) is 6.04 Å². The van der Waals surface area contributed by atoms with Crippen LogP contribution in [0.5, 0.6) is 0 Å². The number of rotatable bonds is 8. The summed E-state index contributed by atoms with van der Waals surface area (Å²) >= 11 is 0. The van der Waals surface area contributed by atoms with Crippen molar-refractivity contribution in [2.75, 3.05) is 5.32 Å². The van der Waals surface area contributed by atoms with E-state index in [0.717, 1.165) is 18.4 Å². The molecule has 1 unspecified atom stereocenters. The lowest BCUT2D eigenvalue weighted by atomic mass is 9.87. The summed E-state index contributed by atoms with van der Waals surface area (Å²) in [5.74, 6) is -0.225. The van der Waals surface area contributed by atoms with Crippen LogP contribution >= 0.6 is 0 Å². The van der Waals surface area contributed by atoms with E-state index in [1.54, 1.807) is 12.1 Å². The van der Waals surface area contributed by atoms with Crippen LogP contribution in [0.3, 0.4) is 0 Å². The summed E-state index contributed by atoms with van der Waals surface area (Å²) in [6, 6.07) is 4.56. The summed E-state index contributed by atoms with van der Waals surface area (Å²) < 4.78 is 0. The Morgan fingerprint density at radius 1 is 1.24 bits per heavy atom. The largest absolute Gasteiger partial charge is 0.326 e. The van der Waals surface area contributed by atoms with E-state index in [4.69, 9.17) is 0 Å². The number of fused-ring (bicyclic) bond motifs is 1. The Kier molecular flexibility index (Phi) is 7.01. The molecule has 1 fully saturated rings. The van der Waals surface area contributed by atoms with E-state index in [9.17, 15) is 19.2 Å². The van der Waals surface area contributed by atoms with Crippen molar-refractivity contribution in [3.05, 3.63) is 29.3 Å². The molecule has 0 saturated heterocycles. The van der Waals surface area contributed by atoms with Gasteiger partial charge in [-0.3, -0.25) is 24.5 Å². The summed E-state index contributed by atoms with van der Waals surface area (Å²) in [7, 11) is 0. The van der Waals surface area contributed by atoms with Crippen molar-refractivity contribution >= 4 is 29.8 Å². The molecule has 1 atom stereocenters. The third-order valence-electron chi connectivity index (χ3n) is 5.86. The maximum Gasteiger partial charge on any atom is 0.255 e. The van der Waals surface area contributed by atoms with Gasteiger partial charge in [-0.25, -0.2) is 0 Å². The van der Waals surface area contributed by atoms with Crippen LogP contribution in [0.2, 0.25) is 0 Å². The third-order valence-corrected chi connectivity index (χ3v) is 5.86. The average molecular weight is 399 g/mol. The highest BCUT2D eigenvalue weighted by Crippen LogP contribution is 2.30. The first-order valence-electron chi connectivity index (χ1n) is 10.5. The molecule has 0 radical (unpaired) electrons. The first-order valence-corrected chi connectivity index (χ1v) is 10.5. The highest BCUT2D eigenvalue weighted by molar-refractivity contribution is 6.03. The van der Waals surface area contributed by atoms with Gasteiger partial charge in [-0.1, -0.05) is 32.6 Å². The number of carbonyl (C=O) groups excluding carboxylic acids is 4. The Balaban J connectivity index is 1.67. The number of nitrogens with zero attached hydrogens (tertiary/aromatic N) is 1. The standard InChI is InChI=1S/C22H29N3O4/c1-2-6-19(21(28)23-14-26)25-13-16-12-17(9-10-18(16)22(25)29)24-20(27)11-15-7-4-3-5-8-15/h9-10,12,14-15,19H,2-8,11,13H2,1H3,(H,24,27)(H,23,26,28). The fraction of sp³-hybridized carbons (Fsp3) is 0.545. The molecule has 0 spiro atoms. The van der Waals surface area contributed by atoms with Gasteiger partial charge in [0.15, 0.2) is 0 Å². The molecule has 1 saturated carbocycles. The van der Waals surface area contributed by atoms with Crippen LogP contribution in [-0.2, 0) is 20.9 Å². The molecule has 7 nitrogen and oxygen atoms in total. The van der Waals surface area contributed by atoms with E-state index < -0.39 is 11.9 Å². The van der Waals surface area contributed by atoms with Crippen molar-refractivity contribution in [2.24, 2.45) is 5.92 Å². The van der Waals surface area contributed by atoms with E-state index in [1.165, 1.54) is 24.2 Å². The first kappa shape index (κ1) is 21.0. The topological polar surface area (TPSA) is 95.6 Å². The molecular formula is C22H29N3O4. The lowest BCUT2D eigenvalue weighted by molar-refractivity contribution is -0.129. The summed E-state index contributed by atoms with van der Waals surface area (Å²) in [5, 5.41) is 5.11. The molecule has 1 aromatic carbocycles. The van der Waals surface area contributed by atoms with Crippen molar-refractivity contribution in [1.82, 2.24) is 10.2 Å². The summed E-state index contributed by atoms with van der Waals surface area (Å²) in [6.45, 7) is 2.21. The highest BCUT2D eigenvalue weighted by Gasteiger charge is 2.36. The number of imide groups is 1. The van der Waals surface area contributed by atoms with Crippen LogP contribution in [0.4, 0.5) is 5.69 Å². The monoisotopic (exact) mass is 399 g/mol. The number of benzene rings is 1. The Labute approximate surface area is 171 Å². The zero-order valence-corrected chi connectivity index (χ0v) is 16.9. The minimum Gasteiger partial charge on any atom is -0.326 e. The molecule has 1 aliphatic heterocycles. The zero-order valence-electron chi connectivity index (χ0n) is 16.9. The van der Waals surface area contributed by atoms with Crippen LogP contribution in [0.25, 0.3) is 0 Å². The number of hydrogen-bond donors (Lipinski definition) is 2. The van der Waals surface area contributed by atoms with Crippen molar-refractivity contribution in [2.45, 2.75) is 70.9 Å². The average Bonchev–Trinajstić information content (AvgIpc) is 3.02. The summed E-state index contributed by atoms with van der Waals surface area (Å²) in [5.41, 5.74) is 1.99. The van der Waals surface area contributed by atoms with Crippen LogP contribution < -0.4 is 10.6 Å². The van der Waals surface area contributed by atoms with Gasteiger partial charge < -0.3 is 10.2 Å². The van der Waals surface area contributed by atoms with Crippen LogP contribution in [-0.4, -0.2) is 35.1 Å². The van der Waals surface area contributed by atoms with Gasteiger partial charge in [0, 0.05) is 24.2 Å². The fourth-order valence-corrected chi connectivity index (χ4v) is 4.39. The van der Waals surface area contributed by atoms with E-state index in [1.807, 2.05) is 13.0 Å². The van der Waals surface area contributed by atoms with Crippen LogP contribution in [0, 0.1) is 5.92 Å². The second kappa shape index (κ2) is 9.67. The molecule has 2 N–H and O–H groups in total. The molecule has 3 rings (SSSR count). The molecule has 7 heteroatoms. The second-order valence-electron chi connectivity index (χ2n) is 7.99. The third kappa shape index (κ3) is 5.02. The minimum absolute atomic E-state index is 0.00671. The molecule has 0 bridgehead atoms. The molecule has 0 aromatic heterocycles. The van der Waals surface area contributed by atoms with E-state index in [-0.39, 0.29) is 18.4 Å². The second-order valence-corrected chi connectivity index (χ2v) is 7.99. The smallest absolute Gasteiger partial charge is 0.255 e. The fourth-order valence-electron chi connectivity index (χ4n) is 4.39. The number of hydrogen-bond acceptors (Lipinski definition) is 4. The van der Waals surface area contributed by atoms with Crippen molar-refractivity contribution in [3.63, 3.8) is 0 Å². The number of nitrogens with one attached hydrogen (secondary N) is 2.